The van der Waals surface area contributed by atoms with Gasteiger partial charge in [-0.05, 0) is 24.0 Å². The van der Waals surface area contributed by atoms with Crippen LogP contribution in [0.2, 0.25) is 0 Å². The van der Waals surface area contributed by atoms with Gasteiger partial charge in [0.2, 0.25) is 0 Å². The van der Waals surface area contributed by atoms with Gasteiger partial charge in [0.15, 0.2) is 5.78 Å². The van der Waals surface area contributed by atoms with Crippen LogP contribution in [-0.4, -0.2) is 11.0 Å². The maximum Gasteiger partial charge on any atom is 0.183 e. The number of aryl methyl sites for hydroxylation is 1. The average molecular weight is 273 g/mol. The van der Waals surface area contributed by atoms with Crippen LogP contribution in [0.5, 0.6) is 0 Å². The number of rotatable bonds is 5. The second-order valence-corrected chi connectivity index (χ2v) is 5.86. The molecule has 2 rings (SSSR count). The Morgan fingerprint density at radius 2 is 2.26 bits per heavy atom. The lowest BCUT2D eigenvalue weighted by Gasteiger charge is -2.06. The van der Waals surface area contributed by atoms with Crippen LogP contribution in [0.15, 0.2) is 41.9 Å². The molecule has 1 aromatic rings. The highest BCUT2D eigenvalue weighted by Gasteiger charge is 2.31. The van der Waals surface area contributed by atoms with Crippen molar-refractivity contribution in [2.24, 2.45) is 5.73 Å². The van der Waals surface area contributed by atoms with E-state index >= 15 is 0 Å². The van der Waals surface area contributed by atoms with E-state index < -0.39 is 0 Å². The molecule has 19 heavy (non-hydrogen) atoms. The zero-order valence-corrected chi connectivity index (χ0v) is 12.0. The van der Waals surface area contributed by atoms with E-state index in [9.17, 15) is 4.79 Å². The van der Waals surface area contributed by atoms with Gasteiger partial charge in [0.1, 0.15) is 0 Å². The summed E-state index contributed by atoms with van der Waals surface area (Å²) >= 11 is 1.39. The first-order valence-corrected chi connectivity index (χ1v) is 7.47. The van der Waals surface area contributed by atoms with E-state index in [0.717, 1.165) is 18.4 Å². The summed E-state index contributed by atoms with van der Waals surface area (Å²) in [5, 5.41) is 0.386. The van der Waals surface area contributed by atoms with Gasteiger partial charge in [-0.3, -0.25) is 4.79 Å². The Balaban J connectivity index is 2.29. The quantitative estimate of drug-likeness (QED) is 0.835. The van der Waals surface area contributed by atoms with Gasteiger partial charge in [0.25, 0.3) is 0 Å². The third-order valence-corrected chi connectivity index (χ3v) is 4.37. The lowest BCUT2D eigenvalue weighted by Crippen LogP contribution is -2.10. The number of thioether (sulfide) groups is 1. The van der Waals surface area contributed by atoms with Gasteiger partial charge in [-0.15, -0.1) is 6.58 Å². The fourth-order valence-corrected chi connectivity index (χ4v) is 3.15. The Kier molecular flexibility index (Phi) is 4.48. The highest BCUT2D eigenvalue weighted by atomic mass is 32.2. The minimum atomic E-state index is -0.228. The van der Waals surface area contributed by atoms with Crippen LogP contribution < -0.4 is 5.73 Å². The maximum absolute atomic E-state index is 12.2. The number of hydrogen-bond donors (Lipinski definition) is 1. The number of ketones is 1. The van der Waals surface area contributed by atoms with Crippen molar-refractivity contribution in [1.82, 2.24) is 0 Å². The topological polar surface area (TPSA) is 43.1 Å². The van der Waals surface area contributed by atoms with Crippen molar-refractivity contribution in [3.63, 3.8) is 0 Å². The molecule has 1 heterocycles. The van der Waals surface area contributed by atoms with Gasteiger partial charge in [-0.2, -0.15) is 0 Å². The molecular weight excluding hydrogens is 254 g/mol. The molecule has 1 aliphatic rings. The van der Waals surface area contributed by atoms with Crippen LogP contribution in [0.3, 0.4) is 0 Å². The van der Waals surface area contributed by atoms with Crippen LogP contribution >= 0.6 is 11.8 Å². The highest BCUT2D eigenvalue weighted by molar-refractivity contribution is 8.05. The summed E-state index contributed by atoms with van der Waals surface area (Å²) in [6.45, 7) is 5.87. The lowest BCUT2D eigenvalue weighted by atomic mass is 9.97. The molecule has 0 aliphatic carbocycles. The van der Waals surface area contributed by atoms with Crippen molar-refractivity contribution in [3.8, 4) is 0 Å². The minimum absolute atomic E-state index is 0.0742. The van der Waals surface area contributed by atoms with E-state index in [1.807, 2.05) is 12.1 Å². The number of allylic oxidation sites excluding steroid dienone is 1. The Bertz CT molecular complexity index is 533. The van der Waals surface area contributed by atoms with E-state index in [-0.39, 0.29) is 11.0 Å². The van der Waals surface area contributed by atoms with Gasteiger partial charge in [-0.25, -0.2) is 0 Å². The second-order valence-electron chi connectivity index (χ2n) is 4.68. The Hall–Kier alpha value is -1.48. The molecule has 1 unspecified atom stereocenters. The van der Waals surface area contributed by atoms with Crippen molar-refractivity contribution in [2.75, 3.05) is 0 Å². The first-order valence-electron chi connectivity index (χ1n) is 6.59. The number of benzene rings is 1. The van der Waals surface area contributed by atoms with Crippen molar-refractivity contribution in [2.45, 2.75) is 31.4 Å². The zero-order chi connectivity index (χ0) is 13.8. The van der Waals surface area contributed by atoms with Crippen LogP contribution in [0.25, 0.3) is 5.57 Å². The fourth-order valence-electron chi connectivity index (χ4n) is 2.22. The molecule has 0 aromatic heterocycles. The molecule has 1 atom stereocenters. The molecule has 100 valence electrons. The lowest BCUT2D eigenvalue weighted by molar-refractivity contribution is -0.112. The summed E-state index contributed by atoms with van der Waals surface area (Å²) in [4.78, 5) is 12.2. The van der Waals surface area contributed by atoms with Crippen LogP contribution in [0, 0.1) is 0 Å². The van der Waals surface area contributed by atoms with E-state index in [1.54, 1.807) is 6.08 Å². The molecule has 0 fully saturated rings. The van der Waals surface area contributed by atoms with Crippen LogP contribution in [0.4, 0.5) is 0 Å². The molecule has 1 aromatic carbocycles. The third kappa shape index (κ3) is 2.92. The molecule has 2 N–H and O–H groups in total. The predicted molar refractivity (Wildman–Crippen MR) is 82.7 cm³/mol. The smallest absolute Gasteiger partial charge is 0.183 e. The Labute approximate surface area is 118 Å². The van der Waals surface area contributed by atoms with Crippen LogP contribution in [0.1, 0.15) is 30.9 Å². The zero-order valence-electron chi connectivity index (χ0n) is 11.2. The summed E-state index contributed by atoms with van der Waals surface area (Å²) in [5.41, 5.74) is 8.85. The van der Waals surface area contributed by atoms with E-state index in [4.69, 9.17) is 5.73 Å². The first-order chi connectivity index (χ1) is 9.17. The molecule has 1 aliphatic heterocycles. The third-order valence-electron chi connectivity index (χ3n) is 3.25. The number of hydrogen-bond acceptors (Lipinski definition) is 3. The number of Topliss-reactive ketones (excluding diaryl/α,β-unsaturated/α-hetero) is 1. The second kappa shape index (κ2) is 6.11. The predicted octanol–water partition coefficient (Wildman–Crippen LogP) is 3.53. The van der Waals surface area contributed by atoms with Gasteiger partial charge in [-0.1, -0.05) is 55.4 Å². The van der Waals surface area contributed by atoms with E-state index in [0.29, 0.717) is 10.6 Å². The molecule has 0 saturated heterocycles. The molecular formula is C16H19NOS. The SMILES string of the molecule is C=CC1SC(N)=C(c2cccc(CCCC)c2)C1=O. The molecule has 0 amide bonds. The van der Waals surface area contributed by atoms with Gasteiger partial charge < -0.3 is 5.73 Å². The molecule has 2 nitrogen and oxygen atoms in total. The van der Waals surface area contributed by atoms with Gasteiger partial charge in [0, 0.05) is 0 Å². The van der Waals surface area contributed by atoms with E-state index in [1.165, 1.54) is 23.7 Å². The highest BCUT2D eigenvalue weighted by Crippen LogP contribution is 2.37. The number of carbonyl (C=O) groups is 1. The Morgan fingerprint density at radius 1 is 1.47 bits per heavy atom. The summed E-state index contributed by atoms with van der Waals surface area (Å²) in [6, 6.07) is 8.15. The summed E-state index contributed by atoms with van der Waals surface area (Å²) in [6.07, 6.45) is 5.04. The van der Waals surface area contributed by atoms with Crippen molar-refractivity contribution in [1.29, 1.82) is 0 Å². The molecule has 3 heteroatoms. The average Bonchev–Trinajstić information content (AvgIpc) is 2.71. The first kappa shape index (κ1) is 13.9. The summed E-state index contributed by atoms with van der Waals surface area (Å²) in [5.74, 6) is 0.0742. The number of unbranched alkanes of at least 4 members (excludes halogenated alkanes) is 1. The summed E-state index contributed by atoms with van der Waals surface area (Å²) in [7, 11) is 0. The van der Waals surface area contributed by atoms with Gasteiger partial charge >= 0.3 is 0 Å². The fraction of sp³-hybridized carbons (Fsp3) is 0.312. The molecule has 0 spiro atoms. The van der Waals surface area contributed by atoms with Crippen molar-refractivity contribution < 1.29 is 4.79 Å². The van der Waals surface area contributed by atoms with E-state index in [2.05, 4.69) is 25.6 Å². The largest absolute Gasteiger partial charge is 0.393 e. The molecule has 0 radical (unpaired) electrons. The monoisotopic (exact) mass is 273 g/mol. The molecule has 0 saturated carbocycles. The molecule has 0 bridgehead atoms. The van der Waals surface area contributed by atoms with Crippen LogP contribution in [-0.2, 0) is 11.2 Å². The summed E-state index contributed by atoms with van der Waals surface area (Å²) < 4.78 is 0. The van der Waals surface area contributed by atoms with Gasteiger partial charge in [0.05, 0.1) is 15.9 Å². The maximum atomic E-state index is 12.2. The van der Waals surface area contributed by atoms with Crippen molar-refractivity contribution >= 4 is 23.1 Å². The number of nitrogens with two attached hydrogens (primary N) is 1. The standard InChI is InChI=1S/C16H19NOS/c1-3-5-7-11-8-6-9-12(10-11)14-15(18)13(4-2)19-16(14)17/h4,6,8-10,13H,2-3,5,7,17H2,1H3. The normalized spacial score (nSPS) is 19.0. The van der Waals surface area contributed by atoms with Crippen molar-refractivity contribution in [3.05, 3.63) is 53.1 Å². The minimum Gasteiger partial charge on any atom is -0.393 e. The number of carbonyl (C=O) groups excluding carboxylic acids is 1. The Morgan fingerprint density at radius 3 is 2.89 bits per heavy atom.